The quantitative estimate of drug-likeness (QED) is 0.562. The molecule has 1 heterocycles. The predicted molar refractivity (Wildman–Crippen MR) is 56.2 cm³/mol. The summed E-state index contributed by atoms with van der Waals surface area (Å²) in [5, 5.41) is 3.07. The van der Waals surface area contributed by atoms with Crippen LogP contribution in [-0.2, 0) is 10.2 Å². The van der Waals surface area contributed by atoms with Gasteiger partial charge in [0.2, 0.25) is 0 Å². The molecule has 0 aliphatic rings. The summed E-state index contributed by atoms with van der Waals surface area (Å²) in [7, 11) is 0. The van der Waals surface area contributed by atoms with E-state index in [4.69, 9.17) is 0 Å². The summed E-state index contributed by atoms with van der Waals surface area (Å²) in [5.41, 5.74) is 1.00. The van der Waals surface area contributed by atoms with Crippen molar-refractivity contribution in [3.63, 3.8) is 0 Å². The zero-order valence-electron chi connectivity index (χ0n) is 8.66. The molecular weight excluding hydrogens is 176 g/mol. The van der Waals surface area contributed by atoms with Gasteiger partial charge in [-0.15, -0.1) is 0 Å². The Balaban J connectivity index is 2.61. The average Bonchev–Trinajstić information content (AvgIpc) is 2.19. The first-order valence-electron chi connectivity index (χ1n) is 4.73. The maximum absolute atomic E-state index is 10.1. The fraction of sp³-hybridized carbons (Fsp3) is 0.455. The van der Waals surface area contributed by atoms with E-state index in [1.54, 1.807) is 6.20 Å². The minimum Gasteiger partial charge on any atom is -0.309 e. The number of pyridine rings is 1. The molecule has 1 N–H and O–H groups in total. The van der Waals surface area contributed by atoms with Crippen LogP contribution in [0.25, 0.3) is 0 Å². The van der Waals surface area contributed by atoms with Gasteiger partial charge >= 0.3 is 0 Å². The van der Waals surface area contributed by atoms with Crippen molar-refractivity contribution < 1.29 is 4.79 Å². The highest BCUT2D eigenvalue weighted by atomic mass is 16.1. The summed E-state index contributed by atoms with van der Waals surface area (Å²) >= 11 is 0. The molecular formula is C11H16N2O. The number of carbonyl (C=O) groups excluding carboxylic acids is 1. The summed E-state index contributed by atoms with van der Waals surface area (Å²) < 4.78 is 0. The van der Waals surface area contributed by atoms with Crippen LogP contribution in [0.4, 0.5) is 0 Å². The van der Waals surface area contributed by atoms with Crippen LogP contribution < -0.4 is 5.32 Å². The van der Waals surface area contributed by atoms with Crippen molar-refractivity contribution in [2.24, 2.45) is 0 Å². The van der Waals surface area contributed by atoms with Crippen LogP contribution >= 0.6 is 0 Å². The zero-order chi connectivity index (χ0) is 10.4. The number of aldehydes is 1. The summed E-state index contributed by atoms with van der Waals surface area (Å²) in [4.78, 5) is 14.4. The molecule has 0 amide bonds. The Morgan fingerprint density at radius 3 is 2.86 bits per heavy atom. The highest BCUT2D eigenvalue weighted by Crippen LogP contribution is 2.18. The molecule has 1 rings (SSSR count). The number of hydrogen-bond donors (Lipinski definition) is 1. The predicted octanol–water partition coefficient (Wildman–Crippen LogP) is 1.15. The smallest absolute Gasteiger partial charge is 0.133 e. The highest BCUT2D eigenvalue weighted by molar-refractivity contribution is 5.51. The molecule has 0 saturated carbocycles. The summed E-state index contributed by atoms with van der Waals surface area (Å²) in [5.74, 6) is 0. The lowest BCUT2D eigenvalue weighted by Gasteiger charge is -2.23. The van der Waals surface area contributed by atoms with Gasteiger partial charge in [-0.25, -0.2) is 0 Å². The molecule has 1 aromatic heterocycles. The Hall–Kier alpha value is -1.22. The monoisotopic (exact) mass is 192 g/mol. The Labute approximate surface area is 84.6 Å². The molecule has 0 bridgehead atoms. The van der Waals surface area contributed by atoms with Crippen LogP contribution in [0.2, 0.25) is 0 Å². The van der Waals surface area contributed by atoms with Gasteiger partial charge in [0, 0.05) is 23.9 Å². The topological polar surface area (TPSA) is 42.0 Å². The molecule has 3 heteroatoms. The van der Waals surface area contributed by atoms with Gasteiger partial charge in [-0.1, -0.05) is 19.9 Å². The largest absolute Gasteiger partial charge is 0.309 e. The first-order chi connectivity index (χ1) is 6.67. The molecule has 1 aromatic rings. The second-order valence-corrected chi connectivity index (χ2v) is 3.90. The molecule has 0 aliphatic heterocycles. The van der Waals surface area contributed by atoms with Crippen LogP contribution in [0.3, 0.4) is 0 Å². The van der Waals surface area contributed by atoms with Gasteiger partial charge in [-0.3, -0.25) is 4.98 Å². The van der Waals surface area contributed by atoms with E-state index < -0.39 is 0 Å². The average molecular weight is 192 g/mol. The molecule has 0 atom stereocenters. The standard InChI is InChI=1S/C11H16N2O/c1-11(2,9-12-7-8-14)10-5-3-4-6-13-10/h3-6,8,12H,7,9H2,1-2H3. The van der Waals surface area contributed by atoms with Crippen LogP contribution in [0, 0.1) is 0 Å². The van der Waals surface area contributed by atoms with E-state index in [9.17, 15) is 4.79 Å². The number of nitrogens with one attached hydrogen (secondary N) is 1. The van der Waals surface area contributed by atoms with E-state index in [1.165, 1.54) is 0 Å². The summed E-state index contributed by atoms with van der Waals surface area (Å²) in [6, 6.07) is 5.88. The number of rotatable bonds is 5. The third kappa shape index (κ3) is 2.92. The maximum atomic E-state index is 10.1. The first-order valence-corrected chi connectivity index (χ1v) is 4.73. The highest BCUT2D eigenvalue weighted by Gasteiger charge is 2.20. The van der Waals surface area contributed by atoms with E-state index in [1.807, 2.05) is 18.2 Å². The molecule has 0 aromatic carbocycles. The van der Waals surface area contributed by atoms with Crippen molar-refractivity contribution in [2.75, 3.05) is 13.1 Å². The number of nitrogens with zero attached hydrogens (tertiary/aromatic N) is 1. The Morgan fingerprint density at radius 1 is 1.50 bits per heavy atom. The van der Waals surface area contributed by atoms with Crippen LogP contribution in [0.5, 0.6) is 0 Å². The van der Waals surface area contributed by atoms with E-state index in [0.717, 1.165) is 18.5 Å². The zero-order valence-corrected chi connectivity index (χ0v) is 8.66. The number of carbonyl (C=O) groups is 1. The second-order valence-electron chi connectivity index (χ2n) is 3.90. The Bertz CT molecular complexity index is 283. The Kier molecular flexibility index (Phi) is 3.77. The van der Waals surface area contributed by atoms with E-state index >= 15 is 0 Å². The minimum atomic E-state index is -0.0374. The van der Waals surface area contributed by atoms with Crippen LogP contribution in [0.1, 0.15) is 19.5 Å². The first kappa shape index (κ1) is 10.9. The Morgan fingerprint density at radius 2 is 2.29 bits per heavy atom. The minimum absolute atomic E-state index is 0.0374. The van der Waals surface area contributed by atoms with Crippen molar-refractivity contribution >= 4 is 6.29 Å². The molecule has 76 valence electrons. The van der Waals surface area contributed by atoms with Crippen LogP contribution in [-0.4, -0.2) is 24.4 Å². The van der Waals surface area contributed by atoms with Crippen molar-refractivity contribution in [2.45, 2.75) is 19.3 Å². The lowest BCUT2D eigenvalue weighted by molar-refractivity contribution is -0.107. The molecule has 0 aliphatic carbocycles. The molecule has 0 spiro atoms. The summed E-state index contributed by atoms with van der Waals surface area (Å²) in [6.45, 7) is 5.36. The maximum Gasteiger partial charge on any atom is 0.133 e. The van der Waals surface area contributed by atoms with Gasteiger partial charge in [0.1, 0.15) is 6.29 Å². The van der Waals surface area contributed by atoms with Gasteiger partial charge in [0.25, 0.3) is 0 Å². The molecule has 0 fully saturated rings. The van der Waals surface area contributed by atoms with E-state index in [-0.39, 0.29) is 5.41 Å². The number of aromatic nitrogens is 1. The van der Waals surface area contributed by atoms with Gasteiger partial charge in [-0.2, -0.15) is 0 Å². The lowest BCUT2D eigenvalue weighted by Crippen LogP contribution is -2.34. The SMILES string of the molecule is CC(C)(CNCC=O)c1ccccn1. The summed E-state index contributed by atoms with van der Waals surface area (Å²) in [6.07, 6.45) is 2.66. The molecule has 3 nitrogen and oxygen atoms in total. The normalized spacial score (nSPS) is 11.3. The van der Waals surface area contributed by atoms with Crippen molar-refractivity contribution in [1.82, 2.24) is 10.3 Å². The third-order valence-electron chi connectivity index (χ3n) is 2.15. The number of hydrogen-bond acceptors (Lipinski definition) is 3. The van der Waals surface area contributed by atoms with Crippen molar-refractivity contribution in [3.8, 4) is 0 Å². The molecule has 0 radical (unpaired) electrons. The van der Waals surface area contributed by atoms with Crippen molar-refractivity contribution in [1.29, 1.82) is 0 Å². The van der Waals surface area contributed by atoms with Gasteiger partial charge in [-0.05, 0) is 12.1 Å². The van der Waals surface area contributed by atoms with E-state index in [2.05, 4.69) is 24.1 Å². The molecule has 14 heavy (non-hydrogen) atoms. The lowest BCUT2D eigenvalue weighted by atomic mass is 9.89. The fourth-order valence-corrected chi connectivity index (χ4v) is 1.30. The van der Waals surface area contributed by atoms with Gasteiger partial charge < -0.3 is 10.1 Å². The second kappa shape index (κ2) is 4.86. The van der Waals surface area contributed by atoms with Crippen LogP contribution in [0.15, 0.2) is 24.4 Å². The molecule has 0 unspecified atom stereocenters. The van der Waals surface area contributed by atoms with E-state index in [0.29, 0.717) is 6.54 Å². The van der Waals surface area contributed by atoms with Crippen molar-refractivity contribution in [3.05, 3.63) is 30.1 Å². The van der Waals surface area contributed by atoms with Gasteiger partial charge in [0.05, 0.1) is 6.54 Å². The molecule has 0 saturated heterocycles. The van der Waals surface area contributed by atoms with Gasteiger partial charge in [0.15, 0.2) is 0 Å². The third-order valence-corrected chi connectivity index (χ3v) is 2.15. The fourth-order valence-electron chi connectivity index (χ4n) is 1.30.